The summed E-state index contributed by atoms with van der Waals surface area (Å²) in [5.74, 6) is 1.64. The minimum absolute atomic E-state index is 0.434. The first kappa shape index (κ1) is 9.45. The standard InChI is InChI=1S/C8H15N3S/c1-4-12-8-10-7(9)5-11(8)6(2)3/h5-6H,4,9H2,1-3H3. The highest BCUT2D eigenvalue weighted by Crippen LogP contribution is 2.21. The van der Waals surface area contributed by atoms with Crippen LogP contribution in [0.2, 0.25) is 0 Å². The van der Waals surface area contributed by atoms with Crippen LogP contribution in [0.4, 0.5) is 5.82 Å². The van der Waals surface area contributed by atoms with E-state index in [4.69, 9.17) is 5.73 Å². The molecule has 12 heavy (non-hydrogen) atoms. The lowest BCUT2D eigenvalue weighted by Gasteiger charge is -2.09. The number of rotatable bonds is 3. The van der Waals surface area contributed by atoms with Crippen LogP contribution in [0.25, 0.3) is 0 Å². The van der Waals surface area contributed by atoms with Gasteiger partial charge in [0.15, 0.2) is 5.16 Å². The van der Waals surface area contributed by atoms with Crippen molar-refractivity contribution in [3.8, 4) is 0 Å². The first-order chi connectivity index (χ1) is 5.65. The van der Waals surface area contributed by atoms with Crippen molar-refractivity contribution >= 4 is 17.6 Å². The predicted molar refractivity (Wildman–Crippen MR) is 53.4 cm³/mol. The third-order valence-electron chi connectivity index (χ3n) is 1.55. The molecule has 68 valence electrons. The number of anilines is 1. The minimum atomic E-state index is 0.434. The molecule has 0 aliphatic heterocycles. The molecule has 0 aliphatic rings. The second-order valence-corrected chi connectivity index (χ2v) is 4.11. The van der Waals surface area contributed by atoms with Gasteiger partial charge in [0.1, 0.15) is 5.82 Å². The maximum atomic E-state index is 5.60. The molecule has 0 saturated carbocycles. The highest BCUT2D eigenvalue weighted by atomic mass is 32.2. The molecule has 0 unspecified atom stereocenters. The van der Waals surface area contributed by atoms with Gasteiger partial charge in [-0.2, -0.15) is 0 Å². The minimum Gasteiger partial charge on any atom is -0.382 e. The van der Waals surface area contributed by atoms with Crippen molar-refractivity contribution in [2.75, 3.05) is 11.5 Å². The van der Waals surface area contributed by atoms with Gasteiger partial charge in [-0.15, -0.1) is 0 Å². The van der Waals surface area contributed by atoms with E-state index in [0.717, 1.165) is 10.9 Å². The number of aromatic nitrogens is 2. The van der Waals surface area contributed by atoms with Gasteiger partial charge >= 0.3 is 0 Å². The zero-order valence-corrected chi connectivity index (χ0v) is 8.56. The van der Waals surface area contributed by atoms with Crippen LogP contribution in [-0.4, -0.2) is 15.3 Å². The Morgan fingerprint density at radius 1 is 1.67 bits per heavy atom. The number of nitrogens with zero attached hydrogens (tertiary/aromatic N) is 2. The third-order valence-corrected chi connectivity index (χ3v) is 2.40. The Kier molecular flexibility index (Phi) is 3.03. The summed E-state index contributed by atoms with van der Waals surface area (Å²) in [4.78, 5) is 4.23. The van der Waals surface area contributed by atoms with E-state index >= 15 is 0 Å². The molecule has 3 nitrogen and oxygen atoms in total. The van der Waals surface area contributed by atoms with E-state index < -0.39 is 0 Å². The number of imidazole rings is 1. The highest BCUT2D eigenvalue weighted by molar-refractivity contribution is 7.99. The van der Waals surface area contributed by atoms with Crippen LogP contribution in [0, 0.1) is 0 Å². The number of hydrogen-bond acceptors (Lipinski definition) is 3. The Bertz CT molecular complexity index is 255. The SMILES string of the molecule is CCSc1nc(N)cn1C(C)C. The molecule has 0 radical (unpaired) electrons. The Hall–Kier alpha value is -0.640. The average molecular weight is 185 g/mol. The molecule has 0 atom stereocenters. The number of thioether (sulfide) groups is 1. The molecule has 0 fully saturated rings. The molecular weight excluding hydrogens is 170 g/mol. The summed E-state index contributed by atoms with van der Waals surface area (Å²) in [6.45, 7) is 6.36. The molecule has 0 saturated heterocycles. The first-order valence-corrected chi connectivity index (χ1v) is 5.10. The van der Waals surface area contributed by atoms with Crippen molar-refractivity contribution in [2.24, 2.45) is 0 Å². The fourth-order valence-electron chi connectivity index (χ4n) is 1.00. The van der Waals surface area contributed by atoms with Gasteiger partial charge in [0.25, 0.3) is 0 Å². The fraction of sp³-hybridized carbons (Fsp3) is 0.625. The summed E-state index contributed by atoms with van der Waals surface area (Å²) < 4.78 is 2.10. The summed E-state index contributed by atoms with van der Waals surface area (Å²) >= 11 is 1.72. The van der Waals surface area contributed by atoms with Crippen molar-refractivity contribution in [3.63, 3.8) is 0 Å². The largest absolute Gasteiger partial charge is 0.382 e. The Labute approximate surface area is 77.4 Å². The van der Waals surface area contributed by atoms with Gasteiger partial charge in [-0.25, -0.2) is 4.98 Å². The molecular formula is C8H15N3S. The van der Waals surface area contributed by atoms with Crippen molar-refractivity contribution in [1.29, 1.82) is 0 Å². The molecule has 1 heterocycles. The summed E-state index contributed by atoms with van der Waals surface area (Å²) in [6.07, 6.45) is 1.89. The Morgan fingerprint density at radius 2 is 2.33 bits per heavy atom. The summed E-state index contributed by atoms with van der Waals surface area (Å²) in [6, 6.07) is 0.434. The van der Waals surface area contributed by atoms with Gasteiger partial charge in [0, 0.05) is 12.2 Å². The van der Waals surface area contributed by atoms with Crippen LogP contribution in [0.15, 0.2) is 11.4 Å². The molecule has 0 aliphatic carbocycles. The van der Waals surface area contributed by atoms with Gasteiger partial charge in [-0.3, -0.25) is 0 Å². The lowest BCUT2D eigenvalue weighted by atomic mass is 10.4. The van der Waals surface area contributed by atoms with Crippen LogP contribution in [0.5, 0.6) is 0 Å². The molecule has 1 aromatic heterocycles. The van der Waals surface area contributed by atoms with Crippen molar-refractivity contribution in [3.05, 3.63) is 6.20 Å². The third kappa shape index (κ3) is 1.94. The average Bonchev–Trinajstić information content (AvgIpc) is 2.32. The van der Waals surface area contributed by atoms with Gasteiger partial charge in [0.05, 0.1) is 0 Å². The topological polar surface area (TPSA) is 43.8 Å². The zero-order valence-electron chi connectivity index (χ0n) is 7.74. The number of nitrogen functional groups attached to an aromatic ring is 1. The van der Waals surface area contributed by atoms with E-state index in [1.807, 2.05) is 6.20 Å². The maximum Gasteiger partial charge on any atom is 0.170 e. The van der Waals surface area contributed by atoms with Crippen LogP contribution in [-0.2, 0) is 0 Å². The smallest absolute Gasteiger partial charge is 0.170 e. The van der Waals surface area contributed by atoms with E-state index in [0.29, 0.717) is 11.9 Å². The number of nitrogens with two attached hydrogens (primary N) is 1. The second-order valence-electron chi connectivity index (χ2n) is 2.88. The summed E-state index contributed by atoms with van der Waals surface area (Å²) in [5.41, 5.74) is 5.60. The maximum absolute atomic E-state index is 5.60. The molecule has 1 rings (SSSR count). The molecule has 2 N–H and O–H groups in total. The monoisotopic (exact) mass is 185 g/mol. The van der Waals surface area contributed by atoms with E-state index in [2.05, 4.69) is 30.3 Å². The van der Waals surface area contributed by atoms with E-state index in [1.165, 1.54) is 0 Å². The normalized spacial score (nSPS) is 11.0. The van der Waals surface area contributed by atoms with Crippen LogP contribution >= 0.6 is 11.8 Å². The first-order valence-electron chi connectivity index (χ1n) is 4.12. The molecule has 0 amide bonds. The van der Waals surface area contributed by atoms with E-state index in [9.17, 15) is 0 Å². The quantitative estimate of drug-likeness (QED) is 0.734. The highest BCUT2D eigenvalue weighted by Gasteiger charge is 2.07. The van der Waals surface area contributed by atoms with Crippen molar-refractivity contribution < 1.29 is 0 Å². The lowest BCUT2D eigenvalue weighted by Crippen LogP contribution is -2.00. The van der Waals surface area contributed by atoms with Crippen molar-refractivity contribution in [2.45, 2.75) is 32.0 Å². The van der Waals surface area contributed by atoms with Crippen LogP contribution in [0.3, 0.4) is 0 Å². The van der Waals surface area contributed by atoms with E-state index in [-0.39, 0.29) is 0 Å². The van der Waals surface area contributed by atoms with Gasteiger partial charge in [-0.05, 0) is 19.6 Å². The zero-order chi connectivity index (χ0) is 9.14. The molecule has 0 aromatic carbocycles. The predicted octanol–water partition coefficient (Wildman–Crippen LogP) is 2.16. The van der Waals surface area contributed by atoms with Crippen molar-refractivity contribution in [1.82, 2.24) is 9.55 Å². The fourth-order valence-corrected chi connectivity index (χ4v) is 1.84. The Morgan fingerprint density at radius 3 is 2.83 bits per heavy atom. The van der Waals surface area contributed by atoms with Crippen LogP contribution < -0.4 is 5.73 Å². The molecule has 0 spiro atoms. The second kappa shape index (κ2) is 3.85. The van der Waals surface area contributed by atoms with Gasteiger partial charge in [0.2, 0.25) is 0 Å². The Balaban J connectivity index is 2.92. The lowest BCUT2D eigenvalue weighted by molar-refractivity contribution is 0.550. The summed E-state index contributed by atoms with van der Waals surface area (Å²) in [7, 11) is 0. The molecule has 1 aromatic rings. The number of hydrogen-bond donors (Lipinski definition) is 1. The van der Waals surface area contributed by atoms with Gasteiger partial charge in [-0.1, -0.05) is 18.7 Å². The molecule has 0 bridgehead atoms. The van der Waals surface area contributed by atoms with Gasteiger partial charge < -0.3 is 10.3 Å². The van der Waals surface area contributed by atoms with E-state index in [1.54, 1.807) is 11.8 Å². The summed E-state index contributed by atoms with van der Waals surface area (Å²) in [5, 5.41) is 1.02. The molecule has 4 heteroatoms. The van der Waals surface area contributed by atoms with Crippen LogP contribution in [0.1, 0.15) is 26.8 Å².